The number of aliphatic imine (C=N–C) groups is 1. The van der Waals surface area contributed by atoms with Gasteiger partial charge in [-0.2, -0.15) is 0 Å². The summed E-state index contributed by atoms with van der Waals surface area (Å²) in [5.41, 5.74) is 8.83. The average Bonchev–Trinajstić information content (AvgIpc) is 2.48. The lowest BCUT2D eigenvalue weighted by Gasteiger charge is -2.29. The van der Waals surface area contributed by atoms with Crippen molar-refractivity contribution in [3.63, 3.8) is 0 Å². The van der Waals surface area contributed by atoms with Crippen LogP contribution in [0, 0.1) is 12.7 Å². The molecule has 1 aliphatic heterocycles. The fraction of sp³-hybridized carbons (Fsp3) is 0.235. The van der Waals surface area contributed by atoms with E-state index in [1.165, 1.54) is 11.6 Å². The second kappa shape index (κ2) is 5.56. The third kappa shape index (κ3) is 2.89. The first-order valence-corrected chi connectivity index (χ1v) is 7.04. The molecule has 0 aliphatic carbocycles. The number of guanidine groups is 1. The molecule has 21 heavy (non-hydrogen) atoms. The van der Waals surface area contributed by atoms with Crippen LogP contribution in [0.5, 0.6) is 0 Å². The molecule has 0 saturated heterocycles. The van der Waals surface area contributed by atoms with E-state index >= 15 is 0 Å². The lowest BCUT2D eigenvalue weighted by molar-refractivity contribution is 0.466. The molecular weight excluding hydrogens is 265 g/mol. The highest BCUT2D eigenvalue weighted by Crippen LogP contribution is 2.33. The van der Waals surface area contributed by atoms with Crippen LogP contribution in [0.2, 0.25) is 0 Å². The summed E-state index contributed by atoms with van der Waals surface area (Å²) in [5, 5.41) is 3.07. The van der Waals surface area contributed by atoms with E-state index < -0.39 is 0 Å². The van der Waals surface area contributed by atoms with Crippen molar-refractivity contribution in [2.45, 2.75) is 25.4 Å². The molecule has 0 fully saturated rings. The molecule has 0 bridgehead atoms. The Morgan fingerprint density at radius 2 is 1.86 bits per heavy atom. The van der Waals surface area contributed by atoms with Crippen LogP contribution in [0.1, 0.15) is 35.2 Å². The smallest absolute Gasteiger partial charge is 0.189 e. The largest absolute Gasteiger partial charge is 0.370 e. The van der Waals surface area contributed by atoms with Crippen molar-refractivity contribution in [1.29, 1.82) is 0 Å². The van der Waals surface area contributed by atoms with Crippen LogP contribution in [-0.2, 0) is 0 Å². The zero-order valence-corrected chi connectivity index (χ0v) is 11.9. The maximum atomic E-state index is 14.0. The van der Waals surface area contributed by atoms with Gasteiger partial charge in [-0.05, 0) is 25.0 Å². The first-order chi connectivity index (χ1) is 10.1. The number of nitrogens with zero attached hydrogens (tertiary/aromatic N) is 1. The van der Waals surface area contributed by atoms with E-state index in [1.54, 1.807) is 12.1 Å². The van der Waals surface area contributed by atoms with Crippen molar-refractivity contribution >= 4 is 5.96 Å². The molecule has 3 nitrogen and oxygen atoms in total. The Morgan fingerprint density at radius 1 is 1.14 bits per heavy atom. The summed E-state index contributed by atoms with van der Waals surface area (Å²) in [5.74, 6) is 0.146. The highest BCUT2D eigenvalue weighted by atomic mass is 19.1. The van der Waals surface area contributed by atoms with Crippen LogP contribution >= 0.6 is 0 Å². The van der Waals surface area contributed by atoms with Crippen molar-refractivity contribution in [3.8, 4) is 0 Å². The molecule has 1 heterocycles. The predicted molar refractivity (Wildman–Crippen MR) is 82.4 cm³/mol. The predicted octanol–water partition coefficient (Wildman–Crippen LogP) is 3.22. The number of benzene rings is 2. The van der Waals surface area contributed by atoms with E-state index in [0.717, 1.165) is 5.56 Å². The summed E-state index contributed by atoms with van der Waals surface area (Å²) in [6, 6.07) is 14.8. The van der Waals surface area contributed by atoms with Crippen LogP contribution in [0.4, 0.5) is 4.39 Å². The minimum Gasteiger partial charge on any atom is -0.370 e. The molecule has 2 aromatic rings. The maximum absolute atomic E-state index is 14.0. The van der Waals surface area contributed by atoms with Gasteiger partial charge in [0.15, 0.2) is 5.96 Å². The van der Waals surface area contributed by atoms with Crippen molar-refractivity contribution < 1.29 is 4.39 Å². The lowest BCUT2D eigenvalue weighted by Crippen LogP contribution is -2.39. The van der Waals surface area contributed by atoms with Crippen LogP contribution < -0.4 is 11.1 Å². The van der Waals surface area contributed by atoms with E-state index in [-0.39, 0.29) is 17.9 Å². The molecule has 0 radical (unpaired) electrons. The fourth-order valence-electron chi connectivity index (χ4n) is 2.68. The number of nitrogens with one attached hydrogen (secondary N) is 1. The first-order valence-electron chi connectivity index (χ1n) is 7.04. The molecule has 0 amide bonds. The number of hydrogen-bond donors (Lipinski definition) is 2. The summed E-state index contributed by atoms with van der Waals surface area (Å²) in [6.07, 6.45) is 0.685. The average molecular weight is 283 g/mol. The van der Waals surface area contributed by atoms with E-state index in [1.807, 2.05) is 13.0 Å². The molecule has 2 aromatic carbocycles. The molecule has 2 atom stereocenters. The molecule has 0 saturated carbocycles. The second-order valence-corrected chi connectivity index (χ2v) is 5.39. The number of hydrogen-bond acceptors (Lipinski definition) is 3. The summed E-state index contributed by atoms with van der Waals surface area (Å²) >= 11 is 0. The number of halogens is 1. The van der Waals surface area contributed by atoms with E-state index in [9.17, 15) is 4.39 Å². The summed E-state index contributed by atoms with van der Waals surface area (Å²) in [7, 11) is 0. The highest BCUT2D eigenvalue weighted by molar-refractivity contribution is 5.79. The van der Waals surface area contributed by atoms with Gasteiger partial charge in [0.25, 0.3) is 0 Å². The van der Waals surface area contributed by atoms with E-state index in [4.69, 9.17) is 5.73 Å². The fourth-order valence-corrected chi connectivity index (χ4v) is 2.68. The van der Waals surface area contributed by atoms with Crippen molar-refractivity contribution in [3.05, 3.63) is 71.0 Å². The molecule has 3 N–H and O–H groups in total. The normalized spacial score (nSPS) is 21.5. The Labute approximate surface area is 123 Å². The molecular formula is C17H18FN3. The van der Waals surface area contributed by atoms with Gasteiger partial charge in [0.1, 0.15) is 5.82 Å². The summed E-state index contributed by atoms with van der Waals surface area (Å²) in [4.78, 5) is 4.45. The van der Waals surface area contributed by atoms with Crippen molar-refractivity contribution in [1.82, 2.24) is 5.32 Å². The molecule has 4 heteroatoms. The van der Waals surface area contributed by atoms with E-state index in [0.29, 0.717) is 17.9 Å². The van der Waals surface area contributed by atoms with Crippen LogP contribution in [0.3, 0.4) is 0 Å². The molecule has 108 valence electrons. The monoisotopic (exact) mass is 283 g/mol. The minimum atomic E-state index is -0.215. The van der Waals surface area contributed by atoms with Crippen molar-refractivity contribution in [2.24, 2.45) is 10.7 Å². The highest BCUT2D eigenvalue weighted by Gasteiger charge is 2.26. The summed E-state index contributed by atoms with van der Waals surface area (Å²) < 4.78 is 14.0. The molecule has 2 unspecified atom stereocenters. The van der Waals surface area contributed by atoms with Gasteiger partial charge in [-0.15, -0.1) is 0 Å². The second-order valence-electron chi connectivity index (χ2n) is 5.39. The maximum Gasteiger partial charge on any atom is 0.189 e. The van der Waals surface area contributed by atoms with Crippen LogP contribution in [0.25, 0.3) is 0 Å². The Bertz CT molecular complexity index is 664. The van der Waals surface area contributed by atoms with Gasteiger partial charge < -0.3 is 11.1 Å². The van der Waals surface area contributed by atoms with Gasteiger partial charge >= 0.3 is 0 Å². The molecule has 1 aliphatic rings. The molecule has 3 rings (SSSR count). The lowest BCUT2D eigenvalue weighted by atomic mass is 9.93. The first kappa shape index (κ1) is 13.6. The topological polar surface area (TPSA) is 50.4 Å². The quantitative estimate of drug-likeness (QED) is 0.889. The number of nitrogens with two attached hydrogens (primary N) is 1. The third-order valence-corrected chi connectivity index (χ3v) is 3.82. The zero-order chi connectivity index (χ0) is 14.8. The summed E-state index contributed by atoms with van der Waals surface area (Å²) in [6.45, 7) is 2.05. The Kier molecular flexibility index (Phi) is 3.60. The van der Waals surface area contributed by atoms with Gasteiger partial charge in [0.05, 0.1) is 12.1 Å². The van der Waals surface area contributed by atoms with Gasteiger partial charge in [0, 0.05) is 5.56 Å². The standard InChI is InChI=1S/C17H18FN3/c1-11-6-8-12(9-7-11)15-10-16(21-17(19)20-15)13-4-2-3-5-14(13)18/h2-9,15-16H,10H2,1H3,(H3,19,20,21). The SMILES string of the molecule is Cc1ccc(C2CC(c3ccccc3F)NC(N)=N2)cc1. The Balaban J connectivity index is 1.89. The van der Waals surface area contributed by atoms with Crippen molar-refractivity contribution in [2.75, 3.05) is 0 Å². The van der Waals surface area contributed by atoms with Gasteiger partial charge in [0.2, 0.25) is 0 Å². The zero-order valence-electron chi connectivity index (χ0n) is 11.9. The number of aryl methyl sites for hydroxylation is 1. The Morgan fingerprint density at radius 3 is 2.57 bits per heavy atom. The van der Waals surface area contributed by atoms with Gasteiger partial charge in [-0.25, -0.2) is 9.38 Å². The van der Waals surface area contributed by atoms with E-state index in [2.05, 4.69) is 34.6 Å². The van der Waals surface area contributed by atoms with Gasteiger partial charge in [-0.1, -0.05) is 48.0 Å². The van der Waals surface area contributed by atoms with Crippen LogP contribution in [0.15, 0.2) is 53.5 Å². The van der Waals surface area contributed by atoms with Crippen LogP contribution in [-0.4, -0.2) is 5.96 Å². The minimum absolute atomic E-state index is 0.0449. The van der Waals surface area contributed by atoms with Gasteiger partial charge in [-0.3, -0.25) is 0 Å². The Hall–Kier alpha value is -2.36. The third-order valence-electron chi connectivity index (χ3n) is 3.82. The molecule has 0 spiro atoms. The molecule has 0 aromatic heterocycles. The number of rotatable bonds is 2.